The molecule has 0 heterocycles. The van der Waals surface area contributed by atoms with Gasteiger partial charge in [-0.05, 0) is 28.4 Å². The maximum Gasteiger partial charge on any atom is 0.270 e. The highest BCUT2D eigenvalue weighted by Gasteiger charge is 2.25. The number of amides is 1. The highest BCUT2D eigenvalue weighted by atomic mass is 16.1. The van der Waals surface area contributed by atoms with Crippen molar-refractivity contribution >= 4 is 5.91 Å². The lowest BCUT2D eigenvalue weighted by atomic mass is 9.78. The first-order valence-corrected chi connectivity index (χ1v) is 6.41. The van der Waals surface area contributed by atoms with Crippen molar-refractivity contribution in [3.05, 3.63) is 34.9 Å². The summed E-state index contributed by atoms with van der Waals surface area (Å²) in [5, 5.41) is 0. The summed E-state index contributed by atoms with van der Waals surface area (Å²) >= 11 is 0. The van der Waals surface area contributed by atoms with Crippen LogP contribution in [0, 0.1) is 5.41 Å². The van der Waals surface area contributed by atoms with Crippen LogP contribution in [0.2, 0.25) is 0 Å². The van der Waals surface area contributed by atoms with E-state index in [2.05, 4.69) is 41.5 Å². The van der Waals surface area contributed by atoms with Crippen LogP contribution in [-0.2, 0) is 11.8 Å². The third-order valence-electron chi connectivity index (χ3n) is 2.91. The van der Waals surface area contributed by atoms with E-state index in [-0.39, 0.29) is 10.8 Å². The summed E-state index contributed by atoms with van der Waals surface area (Å²) < 4.78 is 0. The first-order valence-electron chi connectivity index (χ1n) is 6.41. The van der Waals surface area contributed by atoms with Crippen LogP contribution in [-0.4, -0.2) is 5.91 Å². The Labute approximate surface area is 111 Å². The number of carbonyl (C=O) groups excluding carboxylic acids is 1. The van der Waals surface area contributed by atoms with E-state index in [1.807, 2.05) is 18.2 Å². The van der Waals surface area contributed by atoms with Gasteiger partial charge >= 0.3 is 0 Å². The molecule has 0 saturated heterocycles. The number of hydrogen-bond acceptors (Lipinski definition) is 1. The molecule has 0 unspecified atom stereocenters. The normalized spacial score (nSPS) is 12.6. The summed E-state index contributed by atoms with van der Waals surface area (Å²) in [5.41, 5.74) is 10.1. The van der Waals surface area contributed by atoms with E-state index in [1.165, 1.54) is 0 Å². The fraction of sp³-hybridized carbons (Fsp3) is 0.562. The van der Waals surface area contributed by atoms with Gasteiger partial charge in [0, 0.05) is 5.56 Å². The topological polar surface area (TPSA) is 40.9 Å². The van der Waals surface area contributed by atoms with E-state index in [0.29, 0.717) is 5.56 Å². The highest BCUT2D eigenvalue weighted by molar-refractivity contribution is 5.95. The van der Waals surface area contributed by atoms with Gasteiger partial charge in [-0.1, -0.05) is 59.7 Å². The molecule has 0 aliphatic rings. The van der Waals surface area contributed by atoms with Gasteiger partial charge < -0.3 is 0 Å². The largest absolute Gasteiger partial charge is 0.270 e. The summed E-state index contributed by atoms with van der Waals surface area (Å²) in [7, 11) is 0. The Balaban J connectivity index is 3.41. The van der Waals surface area contributed by atoms with Crippen molar-refractivity contribution in [2.45, 2.75) is 53.4 Å². The molecule has 99 valence electrons. The molecular weight excluding hydrogens is 222 g/mol. The Bertz CT molecular complexity index is 447. The van der Waals surface area contributed by atoms with Crippen molar-refractivity contribution in [1.29, 1.82) is 0 Å². The maximum atomic E-state index is 11.7. The van der Waals surface area contributed by atoms with Crippen LogP contribution >= 0.6 is 0 Å². The number of rotatable bonds is 2. The monoisotopic (exact) mass is 246 g/mol. The smallest absolute Gasteiger partial charge is 0.267 e. The molecule has 0 aliphatic carbocycles. The van der Waals surface area contributed by atoms with Crippen LogP contribution in [0.3, 0.4) is 0 Å². The number of carbonyl (C=O) groups is 1. The van der Waals surface area contributed by atoms with E-state index in [4.69, 9.17) is 5.73 Å². The van der Waals surface area contributed by atoms with Gasteiger partial charge in [0.05, 0.1) is 0 Å². The molecule has 1 aromatic rings. The molecule has 2 heteroatoms. The average Bonchev–Trinajstić information content (AvgIpc) is 2.12. The Morgan fingerprint density at radius 2 is 1.67 bits per heavy atom. The predicted octanol–water partition coefficient (Wildman–Crippen LogP) is 4.00. The number of benzene rings is 1. The maximum absolute atomic E-state index is 11.7. The summed E-state index contributed by atoms with van der Waals surface area (Å²) in [6.45, 7) is 12.7. The Morgan fingerprint density at radius 3 is 2.06 bits per heavy atom. The second-order valence-electron chi connectivity index (χ2n) is 7.16. The van der Waals surface area contributed by atoms with E-state index < -0.39 is 5.91 Å². The first kappa shape index (κ1) is 14.7. The Hall–Kier alpha value is -1.31. The molecule has 0 bridgehead atoms. The lowest BCUT2D eigenvalue weighted by molar-refractivity contribution is 0.0988. The molecule has 0 atom stereocenters. The summed E-state index contributed by atoms with van der Waals surface area (Å²) in [5.74, 6) is -0.570. The van der Waals surface area contributed by atoms with Crippen LogP contribution in [0.1, 0.15) is 63.0 Å². The Morgan fingerprint density at radius 1 is 1.11 bits per heavy atom. The highest BCUT2D eigenvalue weighted by Crippen LogP contribution is 2.31. The van der Waals surface area contributed by atoms with Crippen molar-refractivity contribution in [3.63, 3.8) is 0 Å². The molecule has 0 saturated carbocycles. The molecule has 1 aromatic carbocycles. The van der Waals surface area contributed by atoms with Gasteiger partial charge in [0.1, 0.15) is 0 Å². The Kier molecular flexibility index (Phi) is 3.89. The minimum Gasteiger partial charge on any atom is -0.267 e. The van der Waals surface area contributed by atoms with E-state index >= 15 is 0 Å². The van der Waals surface area contributed by atoms with Crippen molar-refractivity contribution < 1.29 is 4.79 Å². The second kappa shape index (κ2) is 4.75. The first-order chi connectivity index (χ1) is 8.02. The van der Waals surface area contributed by atoms with Gasteiger partial charge in [0.2, 0.25) is 0 Å². The van der Waals surface area contributed by atoms with Gasteiger partial charge in [-0.25, -0.2) is 0 Å². The quantitative estimate of drug-likeness (QED) is 0.777. The third-order valence-corrected chi connectivity index (χ3v) is 2.91. The van der Waals surface area contributed by atoms with Gasteiger partial charge in [0.15, 0.2) is 0 Å². The fourth-order valence-corrected chi connectivity index (χ4v) is 2.21. The number of nitrogens with one attached hydrogen (secondary N) is 1. The average molecular weight is 246 g/mol. The van der Waals surface area contributed by atoms with Crippen LogP contribution in [0.25, 0.3) is 0 Å². The van der Waals surface area contributed by atoms with Crippen LogP contribution < -0.4 is 5.73 Å². The third kappa shape index (κ3) is 3.59. The van der Waals surface area contributed by atoms with Crippen molar-refractivity contribution in [1.82, 2.24) is 5.73 Å². The summed E-state index contributed by atoms with van der Waals surface area (Å²) in [6.07, 6.45) is 0.816. The zero-order valence-electron chi connectivity index (χ0n) is 12.3. The molecule has 0 aliphatic heterocycles. The van der Waals surface area contributed by atoms with Crippen LogP contribution in [0.4, 0.5) is 0 Å². The second-order valence-corrected chi connectivity index (χ2v) is 7.16. The molecular formula is C16H24NO. The van der Waals surface area contributed by atoms with Crippen molar-refractivity contribution in [3.8, 4) is 0 Å². The molecule has 1 N–H and O–H groups in total. The standard InChI is InChI=1S/C16H24NO/c1-15(2,3)10-11-8-7-9-12(16(4,5)6)13(11)14(17)18/h7-9,17H,10H2,1-6H3. The molecule has 0 fully saturated rings. The molecule has 1 amide bonds. The van der Waals surface area contributed by atoms with Gasteiger partial charge in [0.25, 0.3) is 5.91 Å². The van der Waals surface area contributed by atoms with Gasteiger partial charge in [-0.2, -0.15) is 0 Å². The predicted molar refractivity (Wildman–Crippen MR) is 75.7 cm³/mol. The van der Waals surface area contributed by atoms with E-state index in [9.17, 15) is 4.79 Å². The lowest BCUT2D eigenvalue weighted by Gasteiger charge is -2.26. The molecule has 18 heavy (non-hydrogen) atoms. The lowest BCUT2D eigenvalue weighted by Crippen LogP contribution is -2.21. The SMILES string of the molecule is CC(C)(C)Cc1cccc(C(C)(C)C)c1C([NH])=O. The van der Waals surface area contributed by atoms with Crippen molar-refractivity contribution in [2.75, 3.05) is 0 Å². The van der Waals surface area contributed by atoms with E-state index in [1.54, 1.807) is 0 Å². The summed E-state index contributed by atoms with van der Waals surface area (Å²) in [6, 6.07) is 5.93. The van der Waals surface area contributed by atoms with Gasteiger partial charge in [-0.3, -0.25) is 10.5 Å². The molecule has 0 aromatic heterocycles. The molecule has 1 rings (SSSR count). The minimum absolute atomic E-state index is 0.111. The van der Waals surface area contributed by atoms with Crippen LogP contribution in [0.5, 0.6) is 0 Å². The zero-order valence-corrected chi connectivity index (χ0v) is 12.3. The summed E-state index contributed by atoms with van der Waals surface area (Å²) in [4.78, 5) is 11.7. The van der Waals surface area contributed by atoms with Crippen LogP contribution in [0.15, 0.2) is 18.2 Å². The zero-order chi connectivity index (χ0) is 14.1. The van der Waals surface area contributed by atoms with Crippen molar-refractivity contribution in [2.24, 2.45) is 5.41 Å². The van der Waals surface area contributed by atoms with Gasteiger partial charge in [-0.15, -0.1) is 0 Å². The minimum atomic E-state index is -0.570. The molecule has 2 nitrogen and oxygen atoms in total. The molecule has 0 spiro atoms. The fourth-order valence-electron chi connectivity index (χ4n) is 2.21. The van der Waals surface area contributed by atoms with E-state index in [0.717, 1.165) is 17.5 Å². The number of hydrogen-bond donors (Lipinski definition) is 0. The molecule has 1 radical (unpaired) electrons.